The fraction of sp³-hybridized carbons (Fsp3) is 0.350. The van der Waals surface area contributed by atoms with Gasteiger partial charge in [0.2, 0.25) is 0 Å². The number of rotatable bonds is 3. The molecule has 0 radical (unpaired) electrons. The number of carbonyl (C=O) groups excluding carboxylic acids is 1. The van der Waals surface area contributed by atoms with Gasteiger partial charge in [-0.3, -0.25) is 4.79 Å². The zero-order valence-corrected chi connectivity index (χ0v) is 14.4. The van der Waals surface area contributed by atoms with Crippen molar-refractivity contribution in [2.24, 2.45) is 0 Å². The van der Waals surface area contributed by atoms with Gasteiger partial charge < -0.3 is 14.9 Å². The number of nitrogens with zero attached hydrogens (tertiary/aromatic N) is 2. The number of aliphatic hydroxyl groups is 1. The van der Waals surface area contributed by atoms with E-state index in [4.69, 9.17) is 4.52 Å². The number of hydrogen-bond donors (Lipinski definition) is 2. The number of nitrogens with one attached hydrogen (secondary N) is 1. The van der Waals surface area contributed by atoms with Crippen LogP contribution in [0, 0.1) is 6.92 Å². The highest BCUT2D eigenvalue weighted by Gasteiger charge is 2.33. The fourth-order valence-corrected chi connectivity index (χ4v) is 3.83. The van der Waals surface area contributed by atoms with Crippen LogP contribution in [0.3, 0.4) is 0 Å². The van der Waals surface area contributed by atoms with E-state index in [0.717, 1.165) is 29.7 Å². The van der Waals surface area contributed by atoms with Gasteiger partial charge in [0.25, 0.3) is 11.6 Å². The zero-order valence-electron chi connectivity index (χ0n) is 14.4. The number of aryl methyl sites for hydroxylation is 1. The first-order chi connectivity index (χ1) is 12.6. The van der Waals surface area contributed by atoms with E-state index in [1.165, 1.54) is 0 Å². The number of fused-ring (bicyclic) bond motifs is 2. The van der Waals surface area contributed by atoms with Crippen LogP contribution < -0.4 is 5.32 Å². The lowest BCUT2D eigenvalue weighted by Crippen LogP contribution is -2.38. The predicted octanol–water partition coefficient (Wildman–Crippen LogP) is 2.80. The molecule has 2 aliphatic carbocycles. The highest BCUT2D eigenvalue weighted by molar-refractivity contribution is 6.06. The number of amides is 1. The number of benzene rings is 1. The second-order valence-electron chi connectivity index (χ2n) is 7.24. The van der Waals surface area contributed by atoms with Crippen molar-refractivity contribution in [3.8, 4) is 0 Å². The molecule has 0 saturated heterocycles. The Morgan fingerprint density at radius 2 is 2.12 bits per heavy atom. The molecule has 0 aliphatic heterocycles. The van der Waals surface area contributed by atoms with Gasteiger partial charge in [-0.1, -0.05) is 29.4 Å². The maximum atomic E-state index is 13.0. The van der Waals surface area contributed by atoms with Gasteiger partial charge in [-0.05, 0) is 43.4 Å². The molecule has 1 fully saturated rings. The van der Waals surface area contributed by atoms with Crippen molar-refractivity contribution in [2.75, 3.05) is 0 Å². The third-order valence-electron chi connectivity index (χ3n) is 5.39. The molecule has 6 nitrogen and oxygen atoms in total. The van der Waals surface area contributed by atoms with E-state index >= 15 is 0 Å². The Morgan fingerprint density at radius 3 is 2.88 bits per heavy atom. The van der Waals surface area contributed by atoms with E-state index in [1.807, 2.05) is 30.3 Å². The minimum absolute atomic E-state index is 0.220. The molecule has 2 atom stereocenters. The van der Waals surface area contributed by atoms with Gasteiger partial charge in [-0.15, -0.1) is 0 Å². The molecule has 0 bridgehead atoms. The fourth-order valence-electron chi connectivity index (χ4n) is 3.83. The van der Waals surface area contributed by atoms with Crippen molar-refractivity contribution in [1.29, 1.82) is 0 Å². The first-order valence-corrected chi connectivity index (χ1v) is 8.95. The number of pyridine rings is 1. The molecule has 26 heavy (non-hydrogen) atoms. The first-order valence-electron chi connectivity index (χ1n) is 8.95. The van der Waals surface area contributed by atoms with E-state index in [0.29, 0.717) is 34.7 Å². The standard InChI is InChI=1S/C20H19N3O3/c1-10-17-14(9-15(11-6-7-11)22-20(17)26-23-10)19(25)21-16-8-12-4-2-3-5-13(12)18(16)24/h2-5,9,11,16,18,24H,6-8H2,1H3,(H,21,25)/t16-,18-/m1/s1. The number of aliphatic hydroxyl groups excluding tert-OH is 1. The average molecular weight is 349 g/mol. The van der Waals surface area contributed by atoms with Crippen LogP contribution >= 0.6 is 0 Å². The summed E-state index contributed by atoms with van der Waals surface area (Å²) in [5.41, 5.74) is 4.43. The summed E-state index contributed by atoms with van der Waals surface area (Å²) in [4.78, 5) is 17.6. The zero-order chi connectivity index (χ0) is 17.8. The molecule has 2 aromatic heterocycles. The van der Waals surface area contributed by atoms with Crippen LogP contribution in [-0.4, -0.2) is 27.2 Å². The Balaban J connectivity index is 1.48. The van der Waals surface area contributed by atoms with Gasteiger partial charge >= 0.3 is 0 Å². The Hall–Kier alpha value is -2.73. The lowest BCUT2D eigenvalue weighted by molar-refractivity contribution is 0.0860. The van der Waals surface area contributed by atoms with Gasteiger partial charge in [-0.25, -0.2) is 4.98 Å². The van der Waals surface area contributed by atoms with Crippen molar-refractivity contribution in [1.82, 2.24) is 15.5 Å². The van der Waals surface area contributed by atoms with Crippen LogP contribution in [0.4, 0.5) is 0 Å². The van der Waals surface area contributed by atoms with E-state index in [1.54, 1.807) is 6.92 Å². The third-order valence-corrected chi connectivity index (χ3v) is 5.39. The summed E-state index contributed by atoms with van der Waals surface area (Å²) in [5, 5.41) is 18.2. The molecule has 0 spiro atoms. The van der Waals surface area contributed by atoms with Crippen LogP contribution in [0.5, 0.6) is 0 Å². The molecule has 132 valence electrons. The van der Waals surface area contributed by atoms with Crippen molar-refractivity contribution in [3.05, 3.63) is 58.4 Å². The van der Waals surface area contributed by atoms with Crippen LogP contribution in [0.1, 0.15) is 57.7 Å². The second kappa shape index (κ2) is 5.64. The minimum Gasteiger partial charge on any atom is -0.386 e. The van der Waals surface area contributed by atoms with Crippen molar-refractivity contribution < 1.29 is 14.4 Å². The average Bonchev–Trinajstić information content (AvgIpc) is 3.37. The molecular formula is C20H19N3O3. The number of carbonyl (C=O) groups is 1. The normalized spacial score (nSPS) is 21.8. The highest BCUT2D eigenvalue weighted by atomic mass is 16.5. The van der Waals surface area contributed by atoms with E-state index in [9.17, 15) is 9.90 Å². The Bertz CT molecular complexity index is 1020. The Kier molecular flexibility index (Phi) is 3.37. The third kappa shape index (κ3) is 2.41. The maximum absolute atomic E-state index is 13.0. The smallest absolute Gasteiger partial charge is 0.259 e. The van der Waals surface area contributed by atoms with Crippen molar-refractivity contribution >= 4 is 17.0 Å². The van der Waals surface area contributed by atoms with Gasteiger partial charge in [0.05, 0.1) is 28.8 Å². The van der Waals surface area contributed by atoms with Crippen LogP contribution in [0.15, 0.2) is 34.9 Å². The summed E-state index contributed by atoms with van der Waals surface area (Å²) in [5.74, 6) is 0.181. The Morgan fingerprint density at radius 1 is 1.31 bits per heavy atom. The largest absolute Gasteiger partial charge is 0.386 e. The molecule has 6 heteroatoms. The lowest BCUT2D eigenvalue weighted by atomic mass is 10.1. The molecule has 1 aromatic carbocycles. The topological polar surface area (TPSA) is 88.2 Å². The molecule has 1 amide bonds. The van der Waals surface area contributed by atoms with Gasteiger partial charge in [0, 0.05) is 11.6 Å². The molecule has 2 aliphatic rings. The van der Waals surface area contributed by atoms with E-state index < -0.39 is 6.10 Å². The highest BCUT2D eigenvalue weighted by Crippen LogP contribution is 2.40. The number of aromatic nitrogens is 2. The lowest BCUT2D eigenvalue weighted by Gasteiger charge is -2.17. The SMILES string of the molecule is Cc1noc2nc(C3CC3)cc(C(=O)N[C@@H]3Cc4ccccc4[C@H]3O)c12. The molecule has 0 unspecified atom stereocenters. The molecular weight excluding hydrogens is 330 g/mol. The quantitative estimate of drug-likeness (QED) is 0.759. The summed E-state index contributed by atoms with van der Waals surface area (Å²) >= 11 is 0. The molecule has 1 saturated carbocycles. The Labute approximate surface area is 150 Å². The summed E-state index contributed by atoms with van der Waals surface area (Å²) in [6, 6.07) is 9.27. The number of hydrogen-bond acceptors (Lipinski definition) is 5. The van der Waals surface area contributed by atoms with Crippen LogP contribution in [-0.2, 0) is 6.42 Å². The summed E-state index contributed by atoms with van der Waals surface area (Å²) < 4.78 is 5.31. The molecule has 2 heterocycles. The van der Waals surface area contributed by atoms with Crippen LogP contribution in [0.25, 0.3) is 11.1 Å². The van der Waals surface area contributed by atoms with Crippen LogP contribution in [0.2, 0.25) is 0 Å². The van der Waals surface area contributed by atoms with Crippen molar-refractivity contribution in [2.45, 2.75) is 44.2 Å². The molecule has 2 N–H and O–H groups in total. The van der Waals surface area contributed by atoms with Gasteiger partial charge in [-0.2, -0.15) is 0 Å². The second-order valence-corrected chi connectivity index (χ2v) is 7.24. The predicted molar refractivity (Wildman–Crippen MR) is 94.9 cm³/mol. The summed E-state index contributed by atoms with van der Waals surface area (Å²) in [6.45, 7) is 1.81. The first kappa shape index (κ1) is 15.5. The van der Waals surface area contributed by atoms with E-state index in [-0.39, 0.29) is 11.9 Å². The van der Waals surface area contributed by atoms with Gasteiger partial charge in [0.1, 0.15) is 0 Å². The van der Waals surface area contributed by atoms with Gasteiger partial charge in [0.15, 0.2) is 0 Å². The molecule has 5 rings (SSSR count). The summed E-state index contributed by atoms with van der Waals surface area (Å²) in [7, 11) is 0. The maximum Gasteiger partial charge on any atom is 0.259 e. The minimum atomic E-state index is -0.695. The molecule has 3 aromatic rings. The summed E-state index contributed by atoms with van der Waals surface area (Å²) in [6.07, 6.45) is 2.10. The van der Waals surface area contributed by atoms with Crippen molar-refractivity contribution in [3.63, 3.8) is 0 Å². The monoisotopic (exact) mass is 349 g/mol. The van der Waals surface area contributed by atoms with E-state index in [2.05, 4.69) is 15.5 Å².